The van der Waals surface area contributed by atoms with Crippen molar-refractivity contribution in [3.05, 3.63) is 63.6 Å². The SMILES string of the molecule is Cc1ccn(-c2cc(F)ccc2F)c(=O)c1C(=O)N1CCS(=O)(=O)CC1. The first-order valence-corrected chi connectivity index (χ1v) is 9.69. The van der Waals surface area contributed by atoms with Gasteiger partial charge in [0.05, 0.1) is 17.2 Å². The van der Waals surface area contributed by atoms with Crippen LogP contribution < -0.4 is 5.56 Å². The van der Waals surface area contributed by atoms with Gasteiger partial charge in [-0.2, -0.15) is 0 Å². The van der Waals surface area contributed by atoms with E-state index in [1.807, 2.05) is 0 Å². The van der Waals surface area contributed by atoms with E-state index in [9.17, 15) is 26.8 Å². The predicted molar refractivity (Wildman–Crippen MR) is 91.2 cm³/mol. The topological polar surface area (TPSA) is 76.5 Å². The van der Waals surface area contributed by atoms with Crippen LogP contribution in [0.1, 0.15) is 15.9 Å². The zero-order valence-electron chi connectivity index (χ0n) is 13.9. The van der Waals surface area contributed by atoms with E-state index in [1.165, 1.54) is 17.2 Å². The van der Waals surface area contributed by atoms with Crippen molar-refractivity contribution in [3.63, 3.8) is 0 Å². The zero-order valence-corrected chi connectivity index (χ0v) is 14.7. The summed E-state index contributed by atoms with van der Waals surface area (Å²) in [5.74, 6) is -2.48. The average molecular weight is 382 g/mol. The molecule has 1 fully saturated rings. The number of nitrogens with zero attached hydrogens (tertiary/aromatic N) is 2. The van der Waals surface area contributed by atoms with Crippen LogP contribution in [0.5, 0.6) is 0 Å². The molecule has 1 aromatic carbocycles. The number of aromatic nitrogens is 1. The number of carbonyl (C=O) groups is 1. The fraction of sp³-hybridized carbons (Fsp3) is 0.294. The van der Waals surface area contributed by atoms with E-state index in [-0.39, 0.29) is 35.8 Å². The molecule has 0 atom stereocenters. The van der Waals surface area contributed by atoms with Crippen LogP contribution in [-0.4, -0.2) is 48.4 Å². The Morgan fingerprint density at radius 1 is 1.12 bits per heavy atom. The van der Waals surface area contributed by atoms with Gasteiger partial charge in [0.25, 0.3) is 11.5 Å². The van der Waals surface area contributed by atoms with Crippen LogP contribution in [-0.2, 0) is 9.84 Å². The fourth-order valence-corrected chi connectivity index (χ4v) is 4.02. The summed E-state index contributed by atoms with van der Waals surface area (Å²) in [5.41, 5.74) is -0.893. The largest absolute Gasteiger partial charge is 0.336 e. The van der Waals surface area contributed by atoms with Crippen molar-refractivity contribution in [1.29, 1.82) is 0 Å². The van der Waals surface area contributed by atoms with Gasteiger partial charge in [0.15, 0.2) is 9.84 Å². The van der Waals surface area contributed by atoms with E-state index in [0.29, 0.717) is 5.56 Å². The second kappa shape index (κ2) is 6.64. The van der Waals surface area contributed by atoms with Crippen LogP contribution in [0.15, 0.2) is 35.3 Å². The van der Waals surface area contributed by atoms with E-state index in [1.54, 1.807) is 6.92 Å². The molecule has 1 saturated heterocycles. The predicted octanol–water partition coefficient (Wildman–Crippen LogP) is 1.29. The highest BCUT2D eigenvalue weighted by molar-refractivity contribution is 7.91. The van der Waals surface area contributed by atoms with Crippen molar-refractivity contribution in [1.82, 2.24) is 9.47 Å². The number of halogens is 2. The number of amides is 1. The van der Waals surface area contributed by atoms with E-state index in [2.05, 4.69) is 0 Å². The molecule has 3 rings (SSSR count). The van der Waals surface area contributed by atoms with E-state index in [4.69, 9.17) is 0 Å². The van der Waals surface area contributed by atoms with Crippen LogP contribution in [0.25, 0.3) is 5.69 Å². The Balaban J connectivity index is 2.05. The second-order valence-electron chi connectivity index (χ2n) is 6.09. The molecule has 1 aliphatic heterocycles. The summed E-state index contributed by atoms with van der Waals surface area (Å²) in [6, 6.07) is 4.15. The molecular weight excluding hydrogens is 366 g/mol. The number of hydrogen-bond acceptors (Lipinski definition) is 4. The zero-order chi connectivity index (χ0) is 19.1. The summed E-state index contributed by atoms with van der Waals surface area (Å²) >= 11 is 0. The molecule has 2 aromatic rings. The van der Waals surface area contributed by atoms with E-state index < -0.39 is 32.9 Å². The molecule has 0 unspecified atom stereocenters. The number of carbonyl (C=O) groups excluding carboxylic acids is 1. The van der Waals surface area contributed by atoms with Gasteiger partial charge in [-0.3, -0.25) is 14.2 Å². The van der Waals surface area contributed by atoms with Gasteiger partial charge in [0, 0.05) is 25.4 Å². The molecule has 0 saturated carbocycles. The summed E-state index contributed by atoms with van der Waals surface area (Å²) in [6.07, 6.45) is 1.27. The Kier molecular flexibility index (Phi) is 4.66. The van der Waals surface area contributed by atoms with Crippen molar-refractivity contribution in [2.45, 2.75) is 6.92 Å². The maximum absolute atomic E-state index is 14.0. The van der Waals surface area contributed by atoms with Crippen LogP contribution >= 0.6 is 0 Å². The van der Waals surface area contributed by atoms with Gasteiger partial charge in [-0.25, -0.2) is 17.2 Å². The van der Waals surface area contributed by atoms with Gasteiger partial charge in [-0.1, -0.05) is 0 Å². The lowest BCUT2D eigenvalue weighted by molar-refractivity contribution is 0.0767. The van der Waals surface area contributed by atoms with Crippen molar-refractivity contribution in [2.75, 3.05) is 24.6 Å². The lowest BCUT2D eigenvalue weighted by atomic mass is 10.1. The van der Waals surface area contributed by atoms with Crippen molar-refractivity contribution in [3.8, 4) is 5.69 Å². The number of aryl methyl sites for hydroxylation is 1. The summed E-state index contributed by atoms with van der Waals surface area (Å²) in [6.45, 7) is 1.54. The van der Waals surface area contributed by atoms with Crippen LogP contribution in [0, 0.1) is 18.6 Å². The molecule has 1 aliphatic rings. The van der Waals surface area contributed by atoms with Crippen molar-refractivity contribution < 1.29 is 22.0 Å². The van der Waals surface area contributed by atoms with Crippen molar-refractivity contribution >= 4 is 15.7 Å². The molecule has 0 aliphatic carbocycles. The molecule has 138 valence electrons. The molecule has 0 radical (unpaired) electrons. The Morgan fingerprint density at radius 3 is 2.42 bits per heavy atom. The van der Waals surface area contributed by atoms with Crippen LogP contribution in [0.3, 0.4) is 0 Å². The highest BCUT2D eigenvalue weighted by Crippen LogP contribution is 2.16. The number of pyridine rings is 1. The van der Waals surface area contributed by atoms with Gasteiger partial charge >= 0.3 is 0 Å². The Labute approximate surface area is 148 Å². The molecule has 2 heterocycles. The van der Waals surface area contributed by atoms with E-state index >= 15 is 0 Å². The average Bonchev–Trinajstić information content (AvgIpc) is 2.57. The molecule has 26 heavy (non-hydrogen) atoms. The normalized spacial score (nSPS) is 16.5. The Bertz CT molecular complexity index is 1030. The fourth-order valence-electron chi connectivity index (χ4n) is 2.82. The third-order valence-electron chi connectivity index (χ3n) is 4.31. The third-order valence-corrected chi connectivity index (χ3v) is 5.92. The molecule has 0 bridgehead atoms. The van der Waals surface area contributed by atoms with Gasteiger partial charge in [0.2, 0.25) is 0 Å². The first kappa shape index (κ1) is 18.2. The second-order valence-corrected chi connectivity index (χ2v) is 8.39. The smallest absolute Gasteiger partial charge is 0.268 e. The lowest BCUT2D eigenvalue weighted by Crippen LogP contribution is -2.45. The summed E-state index contributed by atoms with van der Waals surface area (Å²) in [7, 11) is -3.18. The highest BCUT2D eigenvalue weighted by atomic mass is 32.2. The highest BCUT2D eigenvalue weighted by Gasteiger charge is 2.28. The molecular formula is C17H16F2N2O4S. The number of hydrogen-bond donors (Lipinski definition) is 0. The molecule has 1 amide bonds. The van der Waals surface area contributed by atoms with E-state index in [0.717, 1.165) is 22.8 Å². The summed E-state index contributed by atoms with van der Waals surface area (Å²) in [5, 5.41) is 0. The number of benzene rings is 1. The Hall–Kier alpha value is -2.55. The quantitative estimate of drug-likeness (QED) is 0.785. The van der Waals surface area contributed by atoms with Crippen LogP contribution in [0.2, 0.25) is 0 Å². The first-order chi connectivity index (χ1) is 12.2. The summed E-state index contributed by atoms with van der Waals surface area (Å²) in [4.78, 5) is 26.8. The van der Waals surface area contributed by atoms with Gasteiger partial charge in [-0.05, 0) is 30.7 Å². The van der Waals surface area contributed by atoms with Gasteiger partial charge in [0.1, 0.15) is 17.2 Å². The van der Waals surface area contributed by atoms with Gasteiger partial charge in [-0.15, -0.1) is 0 Å². The molecule has 9 heteroatoms. The van der Waals surface area contributed by atoms with Crippen molar-refractivity contribution in [2.24, 2.45) is 0 Å². The number of sulfone groups is 1. The summed E-state index contributed by atoms with van der Waals surface area (Å²) < 4.78 is 51.4. The molecule has 0 spiro atoms. The number of rotatable bonds is 2. The third kappa shape index (κ3) is 3.39. The maximum Gasteiger partial charge on any atom is 0.268 e. The standard InChI is InChI=1S/C17H16F2N2O4S/c1-11-4-5-21(14-10-12(18)2-3-13(14)19)17(23)15(11)16(22)20-6-8-26(24,25)9-7-20/h2-5,10H,6-9H2,1H3. The maximum atomic E-state index is 14.0. The monoisotopic (exact) mass is 382 g/mol. The minimum atomic E-state index is -3.18. The minimum absolute atomic E-state index is 0.0106. The molecule has 6 nitrogen and oxygen atoms in total. The Morgan fingerprint density at radius 2 is 1.77 bits per heavy atom. The van der Waals surface area contributed by atoms with Gasteiger partial charge < -0.3 is 4.90 Å². The molecule has 1 aromatic heterocycles. The lowest BCUT2D eigenvalue weighted by Gasteiger charge is -2.27. The first-order valence-electron chi connectivity index (χ1n) is 7.87. The molecule has 0 N–H and O–H groups in total. The minimum Gasteiger partial charge on any atom is -0.336 e. The van der Waals surface area contributed by atoms with Crippen LogP contribution in [0.4, 0.5) is 8.78 Å².